The molecule has 6 heteroatoms. The Hall–Kier alpha value is -1.56. The molecule has 0 aromatic carbocycles. The van der Waals surface area contributed by atoms with Gasteiger partial charge in [-0.1, -0.05) is 6.92 Å². The quantitative estimate of drug-likeness (QED) is 0.914. The van der Waals surface area contributed by atoms with Crippen LogP contribution in [0.5, 0.6) is 0 Å². The molecule has 2 heterocycles. The minimum Gasteiger partial charge on any atom is -0.309 e. The molecule has 1 aliphatic heterocycles. The fourth-order valence-corrected chi connectivity index (χ4v) is 2.48. The number of thioether (sulfide) groups is 1. The molecule has 102 valence electrons. The Morgan fingerprint density at radius 1 is 1.63 bits per heavy atom. The molecule has 1 aliphatic rings. The van der Waals surface area contributed by atoms with E-state index in [0.717, 1.165) is 23.9 Å². The SMILES string of the molecule is CCSCN1N=C(NC(=O)c2cccnc2)CC1C. The van der Waals surface area contributed by atoms with Gasteiger partial charge >= 0.3 is 0 Å². The number of hydrazone groups is 1. The molecular formula is C13H18N4OS. The van der Waals surface area contributed by atoms with Gasteiger partial charge in [-0.3, -0.25) is 14.8 Å². The first-order valence-corrected chi connectivity index (χ1v) is 7.49. The van der Waals surface area contributed by atoms with Crippen LogP contribution in [0.2, 0.25) is 0 Å². The van der Waals surface area contributed by atoms with Crippen molar-refractivity contribution in [3.05, 3.63) is 30.1 Å². The first-order valence-electron chi connectivity index (χ1n) is 6.34. The normalized spacial score (nSPS) is 18.3. The first-order chi connectivity index (χ1) is 9.20. The maximum Gasteiger partial charge on any atom is 0.258 e. The second kappa shape index (κ2) is 6.56. The molecule has 0 fully saturated rings. The molecule has 1 aromatic rings. The standard InChI is InChI=1S/C13H18N4OS/c1-3-19-9-17-10(2)7-12(16-17)15-13(18)11-5-4-6-14-8-11/h4-6,8,10H,3,7,9H2,1-2H3,(H,15,16,18). The summed E-state index contributed by atoms with van der Waals surface area (Å²) in [5.41, 5.74) is 0.555. The van der Waals surface area contributed by atoms with E-state index in [9.17, 15) is 4.79 Å². The van der Waals surface area contributed by atoms with E-state index in [2.05, 4.69) is 29.2 Å². The number of rotatable bonds is 4. The minimum absolute atomic E-state index is 0.149. The van der Waals surface area contributed by atoms with Crippen molar-refractivity contribution in [1.82, 2.24) is 15.3 Å². The monoisotopic (exact) mass is 278 g/mol. The largest absolute Gasteiger partial charge is 0.309 e. The van der Waals surface area contributed by atoms with E-state index in [1.165, 1.54) is 0 Å². The van der Waals surface area contributed by atoms with Gasteiger partial charge in [-0.05, 0) is 24.8 Å². The van der Waals surface area contributed by atoms with Crippen LogP contribution in [0, 0.1) is 0 Å². The van der Waals surface area contributed by atoms with Crippen molar-refractivity contribution in [3.63, 3.8) is 0 Å². The van der Waals surface area contributed by atoms with Gasteiger partial charge in [-0.15, -0.1) is 11.8 Å². The van der Waals surface area contributed by atoms with Crippen molar-refractivity contribution in [2.75, 3.05) is 11.6 Å². The highest BCUT2D eigenvalue weighted by Crippen LogP contribution is 2.17. The van der Waals surface area contributed by atoms with Crippen LogP contribution in [0.3, 0.4) is 0 Å². The van der Waals surface area contributed by atoms with E-state index >= 15 is 0 Å². The second-order valence-electron chi connectivity index (χ2n) is 4.36. The van der Waals surface area contributed by atoms with E-state index in [0.29, 0.717) is 11.6 Å². The van der Waals surface area contributed by atoms with E-state index in [-0.39, 0.29) is 5.91 Å². The summed E-state index contributed by atoms with van der Waals surface area (Å²) in [7, 11) is 0. The van der Waals surface area contributed by atoms with Crippen LogP contribution in [0.15, 0.2) is 29.6 Å². The van der Waals surface area contributed by atoms with Crippen LogP contribution in [0.4, 0.5) is 0 Å². The predicted octanol–water partition coefficient (Wildman–Crippen LogP) is 1.93. The van der Waals surface area contributed by atoms with Crippen LogP contribution in [0.25, 0.3) is 0 Å². The van der Waals surface area contributed by atoms with Crippen molar-refractivity contribution in [2.24, 2.45) is 5.10 Å². The number of hydrogen-bond acceptors (Lipinski definition) is 5. The van der Waals surface area contributed by atoms with Gasteiger partial charge in [-0.2, -0.15) is 5.10 Å². The van der Waals surface area contributed by atoms with Gasteiger partial charge in [0.05, 0.1) is 17.5 Å². The molecule has 1 unspecified atom stereocenters. The Labute approximate surface area is 117 Å². The number of amidine groups is 1. The van der Waals surface area contributed by atoms with Crippen LogP contribution in [-0.4, -0.2) is 39.4 Å². The average Bonchev–Trinajstić information content (AvgIpc) is 2.77. The molecule has 0 saturated carbocycles. The highest BCUT2D eigenvalue weighted by atomic mass is 32.2. The predicted molar refractivity (Wildman–Crippen MR) is 78.1 cm³/mol. The summed E-state index contributed by atoms with van der Waals surface area (Å²) in [6.07, 6.45) is 3.98. The fourth-order valence-electron chi connectivity index (χ4n) is 1.80. The number of aromatic nitrogens is 1. The highest BCUT2D eigenvalue weighted by Gasteiger charge is 2.23. The lowest BCUT2D eigenvalue weighted by Crippen LogP contribution is -2.30. The molecule has 1 atom stereocenters. The smallest absolute Gasteiger partial charge is 0.258 e. The fraction of sp³-hybridized carbons (Fsp3) is 0.462. The lowest BCUT2D eigenvalue weighted by molar-refractivity contribution is 0.0976. The molecule has 0 spiro atoms. The van der Waals surface area contributed by atoms with Crippen molar-refractivity contribution in [3.8, 4) is 0 Å². The summed E-state index contributed by atoms with van der Waals surface area (Å²) in [4.78, 5) is 15.9. The second-order valence-corrected chi connectivity index (χ2v) is 5.60. The summed E-state index contributed by atoms with van der Waals surface area (Å²) in [6.45, 7) is 4.24. The molecule has 0 saturated heterocycles. The molecule has 1 aromatic heterocycles. The minimum atomic E-state index is -0.149. The summed E-state index contributed by atoms with van der Waals surface area (Å²) < 4.78 is 0. The molecule has 5 nitrogen and oxygen atoms in total. The highest BCUT2D eigenvalue weighted by molar-refractivity contribution is 7.99. The lowest BCUT2D eigenvalue weighted by Gasteiger charge is -2.18. The third-order valence-electron chi connectivity index (χ3n) is 2.86. The number of hydrogen-bond donors (Lipinski definition) is 1. The van der Waals surface area contributed by atoms with Crippen LogP contribution >= 0.6 is 11.8 Å². The van der Waals surface area contributed by atoms with E-state index in [1.807, 2.05) is 16.8 Å². The molecule has 1 amide bonds. The van der Waals surface area contributed by atoms with Crippen molar-refractivity contribution in [2.45, 2.75) is 26.3 Å². The molecule has 0 aliphatic carbocycles. The maximum atomic E-state index is 12.0. The Kier molecular flexibility index (Phi) is 4.79. The molecule has 19 heavy (non-hydrogen) atoms. The Bertz CT molecular complexity index is 463. The van der Waals surface area contributed by atoms with E-state index < -0.39 is 0 Å². The molecule has 0 bridgehead atoms. The first kappa shape index (κ1) is 13.9. The lowest BCUT2D eigenvalue weighted by atomic mass is 10.2. The van der Waals surface area contributed by atoms with Gasteiger partial charge in [0.25, 0.3) is 5.91 Å². The zero-order chi connectivity index (χ0) is 13.7. The van der Waals surface area contributed by atoms with Gasteiger partial charge in [0.2, 0.25) is 0 Å². The van der Waals surface area contributed by atoms with Gasteiger partial charge in [0.15, 0.2) is 0 Å². The summed E-state index contributed by atoms with van der Waals surface area (Å²) >= 11 is 1.82. The average molecular weight is 278 g/mol. The molecule has 0 radical (unpaired) electrons. The van der Waals surface area contributed by atoms with Crippen LogP contribution < -0.4 is 5.32 Å². The zero-order valence-corrected chi connectivity index (χ0v) is 12.0. The molecular weight excluding hydrogens is 260 g/mol. The number of nitrogens with one attached hydrogen (secondary N) is 1. The van der Waals surface area contributed by atoms with Gasteiger partial charge in [-0.25, -0.2) is 0 Å². The molecule has 1 N–H and O–H groups in total. The third-order valence-corrected chi connectivity index (χ3v) is 3.71. The van der Waals surface area contributed by atoms with E-state index in [1.54, 1.807) is 24.5 Å². The number of carbonyl (C=O) groups excluding carboxylic acids is 1. The number of amides is 1. The summed E-state index contributed by atoms with van der Waals surface area (Å²) in [6, 6.07) is 3.83. The van der Waals surface area contributed by atoms with Crippen molar-refractivity contribution < 1.29 is 4.79 Å². The van der Waals surface area contributed by atoms with Crippen LogP contribution in [0.1, 0.15) is 30.6 Å². The van der Waals surface area contributed by atoms with Crippen molar-refractivity contribution >= 4 is 23.5 Å². The van der Waals surface area contributed by atoms with Gasteiger partial charge in [0, 0.05) is 18.8 Å². The zero-order valence-electron chi connectivity index (χ0n) is 11.2. The van der Waals surface area contributed by atoms with Gasteiger partial charge in [0.1, 0.15) is 5.84 Å². The third kappa shape index (κ3) is 3.70. The molecule has 2 rings (SSSR count). The van der Waals surface area contributed by atoms with Crippen LogP contribution in [-0.2, 0) is 0 Å². The summed E-state index contributed by atoms with van der Waals surface area (Å²) in [5, 5.41) is 9.32. The topological polar surface area (TPSA) is 57.6 Å². The number of nitrogens with zero attached hydrogens (tertiary/aromatic N) is 3. The Morgan fingerprint density at radius 3 is 3.16 bits per heavy atom. The van der Waals surface area contributed by atoms with Gasteiger partial charge < -0.3 is 5.32 Å². The Morgan fingerprint density at radius 2 is 2.47 bits per heavy atom. The Balaban J connectivity index is 1.94. The summed E-state index contributed by atoms with van der Waals surface area (Å²) in [5.74, 6) is 2.52. The van der Waals surface area contributed by atoms with E-state index in [4.69, 9.17) is 0 Å². The number of pyridine rings is 1. The maximum absolute atomic E-state index is 12.0. The number of carbonyl (C=O) groups is 1. The van der Waals surface area contributed by atoms with Crippen molar-refractivity contribution in [1.29, 1.82) is 0 Å².